The van der Waals surface area contributed by atoms with Gasteiger partial charge < -0.3 is 14.7 Å². The minimum Gasteiger partial charge on any atom is -0.479 e. The number of carbonyl (C=O) groups is 1. The molecule has 0 aromatic rings. The van der Waals surface area contributed by atoms with Crippen molar-refractivity contribution in [3.8, 4) is 0 Å². The molecular weight excluding hydrogens is 232 g/mol. The number of hydrogen-bond acceptors (Lipinski definition) is 4. The third-order valence-corrected chi connectivity index (χ3v) is 3.75. The molecule has 1 saturated carbocycles. The van der Waals surface area contributed by atoms with Crippen LogP contribution < -0.4 is 0 Å². The Bertz CT molecular complexity index is 273. The zero-order chi connectivity index (χ0) is 13.0. The van der Waals surface area contributed by atoms with Crippen LogP contribution in [0, 0.1) is 5.92 Å². The maximum Gasteiger partial charge on any atom is 0.334 e. The standard InChI is InChI=1S/C13H24N2O3/c1-2-18-12(13(16)17)10-15-7-5-14(6-8-15)9-11-3-4-11/h11-12H,2-10H2,1H3,(H,16,17). The van der Waals surface area contributed by atoms with Crippen molar-refractivity contribution in [2.45, 2.75) is 25.9 Å². The van der Waals surface area contributed by atoms with Gasteiger partial charge in [-0.3, -0.25) is 4.90 Å². The molecule has 0 bridgehead atoms. The number of nitrogens with zero attached hydrogens (tertiary/aromatic N) is 2. The number of rotatable bonds is 7. The second-order valence-corrected chi connectivity index (χ2v) is 5.33. The fourth-order valence-corrected chi connectivity index (χ4v) is 2.46. The van der Waals surface area contributed by atoms with Crippen LogP contribution >= 0.6 is 0 Å². The van der Waals surface area contributed by atoms with E-state index in [0.29, 0.717) is 13.2 Å². The SMILES string of the molecule is CCOC(CN1CCN(CC2CC2)CC1)C(=O)O. The Morgan fingerprint density at radius 2 is 1.89 bits per heavy atom. The third-order valence-electron chi connectivity index (χ3n) is 3.75. The van der Waals surface area contributed by atoms with Gasteiger partial charge >= 0.3 is 5.97 Å². The first kappa shape index (κ1) is 13.8. The van der Waals surface area contributed by atoms with Gasteiger partial charge in [-0.2, -0.15) is 0 Å². The average Bonchev–Trinajstić information content (AvgIpc) is 3.15. The molecule has 2 aliphatic rings. The molecule has 2 rings (SSSR count). The number of hydrogen-bond donors (Lipinski definition) is 1. The summed E-state index contributed by atoms with van der Waals surface area (Å²) in [6, 6.07) is 0. The molecular formula is C13H24N2O3. The number of carboxylic acid groups (broad SMARTS) is 1. The second kappa shape index (κ2) is 6.50. The minimum atomic E-state index is -0.850. The Morgan fingerprint density at radius 1 is 1.28 bits per heavy atom. The summed E-state index contributed by atoms with van der Waals surface area (Å²) >= 11 is 0. The average molecular weight is 256 g/mol. The second-order valence-electron chi connectivity index (χ2n) is 5.33. The molecule has 0 amide bonds. The topological polar surface area (TPSA) is 53.0 Å². The maximum absolute atomic E-state index is 11.0. The van der Waals surface area contributed by atoms with Crippen molar-refractivity contribution < 1.29 is 14.6 Å². The summed E-state index contributed by atoms with van der Waals surface area (Å²) in [6.45, 7) is 8.10. The summed E-state index contributed by atoms with van der Waals surface area (Å²) in [4.78, 5) is 15.7. The molecule has 0 radical (unpaired) electrons. The number of aliphatic carboxylic acids is 1. The lowest BCUT2D eigenvalue weighted by atomic mass is 10.2. The molecule has 0 aromatic heterocycles. The molecule has 0 spiro atoms. The van der Waals surface area contributed by atoms with Gasteiger partial charge in [0.15, 0.2) is 6.10 Å². The van der Waals surface area contributed by atoms with E-state index in [-0.39, 0.29) is 0 Å². The van der Waals surface area contributed by atoms with E-state index in [2.05, 4.69) is 9.80 Å². The molecule has 1 saturated heterocycles. The van der Waals surface area contributed by atoms with E-state index in [1.165, 1.54) is 19.4 Å². The number of piperazine rings is 1. The van der Waals surface area contributed by atoms with Crippen LogP contribution in [0.4, 0.5) is 0 Å². The number of ether oxygens (including phenoxy) is 1. The van der Waals surface area contributed by atoms with Crippen molar-refractivity contribution >= 4 is 5.97 Å². The quantitative estimate of drug-likeness (QED) is 0.719. The Hall–Kier alpha value is -0.650. The van der Waals surface area contributed by atoms with Gasteiger partial charge in [-0.15, -0.1) is 0 Å². The molecule has 1 atom stereocenters. The molecule has 5 nitrogen and oxygen atoms in total. The van der Waals surface area contributed by atoms with Crippen LogP contribution in [0.2, 0.25) is 0 Å². The fourth-order valence-electron chi connectivity index (χ4n) is 2.46. The zero-order valence-corrected chi connectivity index (χ0v) is 11.2. The molecule has 104 valence electrons. The molecule has 1 N–H and O–H groups in total. The highest BCUT2D eigenvalue weighted by molar-refractivity contribution is 5.72. The van der Waals surface area contributed by atoms with Gasteiger partial charge in [0.1, 0.15) is 0 Å². The van der Waals surface area contributed by atoms with E-state index in [1.54, 1.807) is 0 Å². The Balaban J connectivity index is 1.69. The molecule has 5 heteroatoms. The molecule has 18 heavy (non-hydrogen) atoms. The minimum absolute atomic E-state index is 0.457. The highest BCUT2D eigenvalue weighted by Gasteiger charge is 2.28. The van der Waals surface area contributed by atoms with E-state index in [9.17, 15) is 4.79 Å². The first-order valence-electron chi connectivity index (χ1n) is 6.98. The summed E-state index contributed by atoms with van der Waals surface area (Å²) in [5.74, 6) is 0.0870. The van der Waals surface area contributed by atoms with Crippen LogP contribution in [0.25, 0.3) is 0 Å². The molecule has 2 fully saturated rings. The molecule has 1 heterocycles. The smallest absolute Gasteiger partial charge is 0.334 e. The van der Waals surface area contributed by atoms with Crippen LogP contribution in [-0.4, -0.2) is 72.9 Å². The molecule has 1 aliphatic heterocycles. The molecule has 1 unspecified atom stereocenters. The zero-order valence-electron chi connectivity index (χ0n) is 11.2. The van der Waals surface area contributed by atoms with Crippen LogP contribution in [0.5, 0.6) is 0 Å². The third kappa shape index (κ3) is 4.23. The van der Waals surface area contributed by atoms with E-state index in [1.807, 2.05) is 6.92 Å². The highest BCUT2D eigenvalue weighted by Crippen LogP contribution is 2.29. The van der Waals surface area contributed by atoms with Gasteiger partial charge in [-0.05, 0) is 25.7 Å². The van der Waals surface area contributed by atoms with E-state index in [4.69, 9.17) is 9.84 Å². The van der Waals surface area contributed by atoms with E-state index < -0.39 is 12.1 Å². The summed E-state index contributed by atoms with van der Waals surface area (Å²) in [6.07, 6.45) is 2.11. The summed E-state index contributed by atoms with van der Waals surface area (Å²) in [7, 11) is 0. The predicted molar refractivity (Wildman–Crippen MR) is 68.7 cm³/mol. The van der Waals surface area contributed by atoms with E-state index in [0.717, 1.165) is 32.1 Å². The van der Waals surface area contributed by atoms with Crippen LogP contribution in [0.15, 0.2) is 0 Å². The first-order chi connectivity index (χ1) is 8.69. The Labute approximate surface area is 109 Å². The van der Waals surface area contributed by atoms with Gasteiger partial charge in [0.25, 0.3) is 0 Å². The van der Waals surface area contributed by atoms with Crippen LogP contribution in [0.3, 0.4) is 0 Å². The molecule has 1 aliphatic carbocycles. The lowest BCUT2D eigenvalue weighted by Crippen LogP contribution is -2.50. The first-order valence-corrected chi connectivity index (χ1v) is 6.98. The molecule has 0 aromatic carbocycles. The predicted octanol–water partition coefficient (Wildman–Crippen LogP) is 0.504. The summed E-state index contributed by atoms with van der Waals surface area (Å²) in [5.41, 5.74) is 0. The van der Waals surface area contributed by atoms with Crippen LogP contribution in [0.1, 0.15) is 19.8 Å². The highest BCUT2D eigenvalue weighted by atomic mass is 16.5. The van der Waals surface area contributed by atoms with Crippen molar-refractivity contribution in [2.24, 2.45) is 5.92 Å². The Morgan fingerprint density at radius 3 is 2.39 bits per heavy atom. The normalized spacial score (nSPS) is 24.1. The van der Waals surface area contributed by atoms with Crippen molar-refractivity contribution in [3.05, 3.63) is 0 Å². The Kier molecular flexibility index (Phi) is 4.97. The van der Waals surface area contributed by atoms with Gasteiger partial charge in [-0.25, -0.2) is 4.79 Å². The van der Waals surface area contributed by atoms with Gasteiger partial charge in [0.2, 0.25) is 0 Å². The van der Waals surface area contributed by atoms with Crippen molar-refractivity contribution in [3.63, 3.8) is 0 Å². The van der Waals surface area contributed by atoms with Crippen molar-refractivity contribution in [1.29, 1.82) is 0 Å². The fraction of sp³-hybridized carbons (Fsp3) is 0.923. The van der Waals surface area contributed by atoms with Gasteiger partial charge in [-0.1, -0.05) is 0 Å². The van der Waals surface area contributed by atoms with Gasteiger partial charge in [0.05, 0.1) is 0 Å². The van der Waals surface area contributed by atoms with E-state index >= 15 is 0 Å². The summed E-state index contributed by atoms with van der Waals surface area (Å²) in [5, 5.41) is 9.05. The van der Waals surface area contributed by atoms with Crippen molar-refractivity contribution in [2.75, 3.05) is 45.9 Å². The largest absolute Gasteiger partial charge is 0.479 e. The monoisotopic (exact) mass is 256 g/mol. The number of carboxylic acids is 1. The lowest BCUT2D eigenvalue weighted by Gasteiger charge is -2.35. The van der Waals surface area contributed by atoms with Gasteiger partial charge in [0, 0.05) is 45.9 Å². The maximum atomic E-state index is 11.0. The lowest BCUT2D eigenvalue weighted by molar-refractivity contribution is -0.151. The van der Waals surface area contributed by atoms with Crippen molar-refractivity contribution in [1.82, 2.24) is 9.80 Å². The summed E-state index contributed by atoms with van der Waals surface area (Å²) < 4.78 is 5.25. The van der Waals surface area contributed by atoms with Crippen LogP contribution in [-0.2, 0) is 9.53 Å².